The van der Waals surface area contributed by atoms with E-state index < -0.39 is 15.7 Å². The fraction of sp³-hybridized carbons (Fsp3) is 0.429. The molecule has 1 amide bonds. The highest BCUT2D eigenvalue weighted by Crippen LogP contribution is 2.37. The molecule has 0 radical (unpaired) electrons. The number of guanidine groups is 1. The summed E-state index contributed by atoms with van der Waals surface area (Å²) in [4.78, 5) is 16.2. The summed E-state index contributed by atoms with van der Waals surface area (Å²) in [5.41, 5.74) is 11.2. The van der Waals surface area contributed by atoms with Gasteiger partial charge >= 0.3 is 0 Å². The molecule has 0 spiro atoms. The summed E-state index contributed by atoms with van der Waals surface area (Å²) in [6.07, 6.45) is 1.11. The molecular formula is C14H21N3O3S2. The fourth-order valence-electron chi connectivity index (χ4n) is 1.77. The van der Waals surface area contributed by atoms with Crippen LogP contribution < -0.4 is 11.5 Å². The van der Waals surface area contributed by atoms with Gasteiger partial charge in [-0.05, 0) is 24.6 Å². The van der Waals surface area contributed by atoms with Crippen LogP contribution in [-0.2, 0) is 9.84 Å². The SMILES string of the molecule is Cc1cc(SC(C)(C)C)c(S(C)(=O)=O)cc1C(=O)N=C(N)N. The predicted molar refractivity (Wildman–Crippen MR) is 90.0 cm³/mol. The molecule has 1 aromatic rings. The number of amides is 1. The van der Waals surface area contributed by atoms with E-state index in [1.165, 1.54) is 17.8 Å². The first-order chi connectivity index (χ1) is 9.81. The molecule has 0 aliphatic heterocycles. The van der Waals surface area contributed by atoms with Gasteiger partial charge in [0.2, 0.25) is 0 Å². The van der Waals surface area contributed by atoms with Crippen LogP contribution in [0.1, 0.15) is 36.7 Å². The zero-order chi connectivity index (χ0) is 17.3. The lowest BCUT2D eigenvalue weighted by molar-refractivity contribution is 0.100. The molecular weight excluding hydrogens is 322 g/mol. The van der Waals surface area contributed by atoms with Crippen LogP contribution in [0.4, 0.5) is 0 Å². The quantitative estimate of drug-likeness (QED) is 0.490. The van der Waals surface area contributed by atoms with E-state index in [4.69, 9.17) is 11.5 Å². The van der Waals surface area contributed by atoms with Gasteiger partial charge in [0.1, 0.15) is 0 Å². The molecule has 0 aromatic heterocycles. The summed E-state index contributed by atoms with van der Waals surface area (Å²) in [5, 5.41) is 0. The maximum Gasteiger partial charge on any atom is 0.280 e. The maximum atomic E-state index is 12.0. The lowest BCUT2D eigenvalue weighted by Gasteiger charge is -2.20. The van der Waals surface area contributed by atoms with Crippen molar-refractivity contribution in [2.45, 2.75) is 42.2 Å². The van der Waals surface area contributed by atoms with E-state index in [2.05, 4.69) is 4.99 Å². The molecule has 0 fully saturated rings. The van der Waals surface area contributed by atoms with E-state index in [1.807, 2.05) is 20.8 Å². The number of benzene rings is 1. The second-order valence-corrected chi connectivity index (χ2v) is 9.80. The van der Waals surface area contributed by atoms with Gasteiger partial charge in [-0.2, -0.15) is 4.99 Å². The van der Waals surface area contributed by atoms with Crippen molar-refractivity contribution in [2.75, 3.05) is 6.26 Å². The van der Waals surface area contributed by atoms with E-state index in [0.717, 1.165) is 6.26 Å². The van der Waals surface area contributed by atoms with Crippen LogP contribution in [-0.4, -0.2) is 31.3 Å². The smallest absolute Gasteiger partial charge is 0.280 e. The van der Waals surface area contributed by atoms with Crippen LogP contribution in [0.5, 0.6) is 0 Å². The van der Waals surface area contributed by atoms with Gasteiger partial charge in [-0.15, -0.1) is 11.8 Å². The highest BCUT2D eigenvalue weighted by atomic mass is 32.2. The molecule has 1 rings (SSSR count). The largest absolute Gasteiger partial charge is 0.370 e. The number of carbonyl (C=O) groups excluding carboxylic acids is 1. The van der Waals surface area contributed by atoms with Gasteiger partial charge in [-0.3, -0.25) is 4.79 Å². The minimum atomic E-state index is -3.49. The molecule has 0 atom stereocenters. The third-order valence-electron chi connectivity index (χ3n) is 2.57. The number of nitrogens with zero attached hydrogens (tertiary/aromatic N) is 1. The highest BCUT2D eigenvalue weighted by Gasteiger charge is 2.23. The number of thioether (sulfide) groups is 1. The summed E-state index contributed by atoms with van der Waals surface area (Å²) >= 11 is 1.43. The molecule has 8 heteroatoms. The molecule has 0 saturated carbocycles. The van der Waals surface area contributed by atoms with Gasteiger partial charge < -0.3 is 11.5 Å². The Bertz CT molecular complexity index is 728. The summed E-state index contributed by atoms with van der Waals surface area (Å²) < 4.78 is 23.9. The first-order valence-corrected chi connectivity index (χ1v) is 9.20. The van der Waals surface area contributed by atoms with E-state index >= 15 is 0 Å². The number of aryl methyl sites for hydroxylation is 1. The van der Waals surface area contributed by atoms with E-state index in [0.29, 0.717) is 10.5 Å². The number of sulfone groups is 1. The first-order valence-electron chi connectivity index (χ1n) is 6.49. The van der Waals surface area contributed by atoms with Crippen molar-refractivity contribution in [3.8, 4) is 0 Å². The molecule has 6 nitrogen and oxygen atoms in total. The third kappa shape index (κ3) is 5.03. The van der Waals surface area contributed by atoms with Gasteiger partial charge in [-0.25, -0.2) is 8.42 Å². The van der Waals surface area contributed by atoms with Crippen molar-refractivity contribution in [2.24, 2.45) is 16.5 Å². The van der Waals surface area contributed by atoms with Crippen molar-refractivity contribution in [1.82, 2.24) is 0 Å². The molecule has 4 N–H and O–H groups in total. The van der Waals surface area contributed by atoms with E-state index in [9.17, 15) is 13.2 Å². The van der Waals surface area contributed by atoms with E-state index in [-0.39, 0.29) is 21.2 Å². The fourth-order valence-corrected chi connectivity index (χ4v) is 4.16. The molecule has 0 aliphatic rings. The maximum absolute atomic E-state index is 12.0. The Morgan fingerprint density at radius 2 is 1.77 bits per heavy atom. The van der Waals surface area contributed by atoms with Crippen LogP contribution in [0.25, 0.3) is 0 Å². The van der Waals surface area contributed by atoms with Gasteiger partial charge in [0.15, 0.2) is 15.8 Å². The summed E-state index contributed by atoms with van der Waals surface area (Å²) in [7, 11) is -3.49. The third-order valence-corrected chi connectivity index (χ3v) is 5.00. The van der Waals surface area contributed by atoms with Crippen molar-refractivity contribution in [3.63, 3.8) is 0 Å². The van der Waals surface area contributed by atoms with Crippen molar-refractivity contribution in [1.29, 1.82) is 0 Å². The molecule has 0 aliphatic carbocycles. The number of hydrogen-bond donors (Lipinski definition) is 2. The average Bonchev–Trinajstić information content (AvgIpc) is 2.23. The number of carbonyl (C=O) groups is 1. The Labute approximate surface area is 135 Å². The van der Waals surface area contributed by atoms with Crippen LogP contribution in [0, 0.1) is 6.92 Å². The second-order valence-electron chi connectivity index (χ2n) is 5.94. The standard InChI is InChI=1S/C14H21N3O3S2/c1-8-6-10(21-14(2,3)4)11(22(5,19)20)7-9(8)12(18)17-13(15)16/h6-7H,1-5H3,(H4,15,16,17,18). The van der Waals surface area contributed by atoms with Crippen LogP contribution in [0.15, 0.2) is 26.9 Å². The number of nitrogens with two attached hydrogens (primary N) is 2. The highest BCUT2D eigenvalue weighted by molar-refractivity contribution is 8.01. The van der Waals surface area contributed by atoms with Crippen LogP contribution >= 0.6 is 11.8 Å². The molecule has 0 saturated heterocycles. The monoisotopic (exact) mass is 343 g/mol. The number of rotatable bonds is 3. The first kappa shape index (κ1) is 18.5. The Morgan fingerprint density at radius 1 is 1.23 bits per heavy atom. The Hall–Kier alpha value is -1.54. The number of aliphatic imine (C=N–C) groups is 1. The molecule has 122 valence electrons. The van der Waals surface area contributed by atoms with Crippen molar-refractivity contribution >= 4 is 33.5 Å². The van der Waals surface area contributed by atoms with E-state index in [1.54, 1.807) is 13.0 Å². The lowest BCUT2D eigenvalue weighted by atomic mass is 10.1. The Kier molecular flexibility index (Phi) is 5.30. The summed E-state index contributed by atoms with van der Waals surface area (Å²) in [5.74, 6) is -1.02. The molecule has 0 heterocycles. The Balaban J connectivity index is 3.56. The van der Waals surface area contributed by atoms with Gasteiger partial charge in [0, 0.05) is 21.5 Å². The molecule has 1 aromatic carbocycles. The van der Waals surface area contributed by atoms with Gasteiger partial charge in [0.05, 0.1) is 4.90 Å². The topological polar surface area (TPSA) is 116 Å². The van der Waals surface area contributed by atoms with Crippen molar-refractivity contribution < 1.29 is 13.2 Å². The Morgan fingerprint density at radius 3 is 2.18 bits per heavy atom. The van der Waals surface area contributed by atoms with Crippen LogP contribution in [0.2, 0.25) is 0 Å². The zero-order valence-corrected chi connectivity index (χ0v) is 14.9. The summed E-state index contributed by atoms with van der Waals surface area (Å²) in [6, 6.07) is 3.02. The van der Waals surface area contributed by atoms with Crippen LogP contribution in [0.3, 0.4) is 0 Å². The molecule has 0 unspecified atom stereocenters. The zero-order valence-electron chi connectivity index (χ0n) is 13.3. The predicted octanol–water partition coefficient (Wildman–Crippen LogP) is 1.70. The lowest BCUT2D eigenvalue weighted by Crippen LogP contribution is -2.24. The minimum absolute atomic E-state index is 0.104. The summed E-state index contributed by atoms with van der Waals surface area (Å²) in [6.45, 7) is 7.67. The minimum Gasteiger partial charge on any atom is -0.370 e. The van der Waals surface area contributed by atoms with Crippen molar-refractivity contribution in [3.05, 3.63) is 23.3 Å². The molecule has 22 heavy (non-hydrogen) atoms. The normalized spacial score (nSPS) is 12.0. The number of hydrogen-bond acceptors (Lipinski definition) is 4. The van der Waals surface area contributed by atoms with Gasteiger partial charge in [0.25, 0.3) is 5.91 Å². The average molecular weight is 343 g/mol. The second kappa shape index (κ2) is 6.29. The molecule has 0 bridgehead atoms. The van der Waals surface area contributed by atoms with Gasteiger partial charge in [-0.1, -0.05) is 20.8 Å².